The molecule has 2 N–H and O–H groups in total. The second-order valence-corrected chi connectivity index (χ2v) is 15.7. The van der Waals surface area contributed by atoms with Crippen molar-refractivity contribution in [1.29, 1.82) is 10.5 Å². The third kappa shape index (κ3) is 9.23. The number of hydrogen-bond donors (Lipinski definition) is 2. The molecule has 0 saturated heterocycles. The molecule has 2 aliphatic rings. The van der Waals surface area contributed by atoms with E-state index in [0.717, 1.165) is 96.7 Å². The van der Waals surface area contributed by atoms with Crippen molar-refractivity contribution >= 4 is 68.3 Å². The number of pyridine rings is 2. The number of aromatic nitrogens is 6. The van der Waals surface area contributed by atoms with Gasteiger partial charge in [0, 0.05) is 11.4 Å². The number of aryl methyl sites for hydroxylation is 4. The summed E-state index contributed by atoms with van der Waals surface area (Å²) in [7, 11) is 0. The zero-order valence-corrected chi connectivity index (χ0v) is 31.8. The van der Waals surface area contributed by atoms with Gasteiger partial charge in [-0.1, -0.05) is 60.0 Å². The molecule has 0 aromatic carbocycles. The topological polar surface area (TPSA) is 183 Å². The normalized spacial score (nSPS) is 13.2. The van der Waals surface area contributed by atoms with Crippen LogP contribution in [0.2, 0.25) is 0 Å². The highest BCUT2D eigenvalue weighted by atomic mass is 32.2. The summed E-state index contributed by atoms with van der Waals surface area (Å²) in [5, 5.41) is 44.6. The predicted molar refractivity (Wildman–Crippen MR) is 198 cm³/mol. The van der Waals surface area contributed by atoms with E-state index in [0.29, 0.717) is 31.4 Å². The SMILES string of the molecule is CCc1nnc(NC(=O)CSc2nc(C)c3c(c2C#N)CCCC3)s1.CCc1nnc(NC(=O)CSc2nc3c(c(C)c2C#N)CCCC3)s1. The molecule has 0 unspecified atom stereocenters. The van der Waals surface area contributed by atoms with Crippen molar-refractivity contribution < 1.29 is 9.59 Å². The van der Waals surface area contributed by atoms with Gasteiger partial charge in [-0.15, -0.1) is 20.4 Å². The van der Waals surface area contributed by atoms with E-state index in [1.807, 2.05) is 27.7 Å². The second kappa shape index (κ2) is 17.8. The van der Waals surface area contributed by atoms with Crippen LogP contribution in [-0.4, -0.2) is 53.7 Å². The number of amides is 2. The summed E-state index contributed by atoms with van der Waals surface area (Å²) in [4.78, 5) is 33.6. The molecule has 0 saturated carbocycles. The fourth-order valence-corrected chi connectivity index (χ4v) is 8.92. The lowest BCUT2D eigenvalue weighted by molar-refractivity contribution is -0.114. The van der Waals surface area contributed by atoms with Gasteiger partial charge in [0.25, 0.3) is 0 Å². The Morgan fingerprint density at radius 2 is 1.20 bits per heavy atom. The summed E-state index contributed by atoms with van der Waals surface area (Å²) in [5.74, 6) is 0.0664. The molecule has 0 radical (unpaired) electrons. The minimum atomic E-state index is -0.162. The van der Waals surface area contributed by atoms with E-state index in [1.54, 1.807) is 0 Å². The third-order valence-electron chi connectivity index (χ3n) is 8.34. The zero-order chi connectivity index (χ0) is 35.6. The molecular weight excluding hydrogens is 709 g/mol. The van der Waals surface area contributed by atoms with E-state index < -0.39 is 0 Å². The molecule has 260 valence electrons. The van der Waals surface area contributed by atoms with E-state index in [-0.39, 0.29) is 23.3 Å². The van der Waals surface area contributed by atoms with Gasteiger partial charge < -0.3 is 0 Å². The third-order valence-corrected chi connectivity index (χ3v) is 12.3. The van der Waals surface area contributed by atoms with Gasteiger partial charge in [0.2, 0.25) is 22.1 Å². The maximum absolute atomic E-state index is 12.2. The van der Waals surface area contributed by atoms with E-state index in [9.17, 15) is 20.1 Å². The summed E-state index contributed by atoms with van der Waals surface area (Å²) < 4.78 is 0. The first-order chi connectivity index (χ1) is 24.2. The fraction of sp³-hybridized carbons (Fsp3) is 0.471. The first-order valence-corrected chi connectivity index (χ1v) is 20.2. The standard InChI is InChI=1S/2C17H19N5OS2/c1-3-15-21-22-17(25-15)20-14(23)9-24-16-12(8-18)10(2)11-6-4-5-7-13(11)19-16;1-3-15-21-22-17(25-15)20-14(23)9-24-16-13(8-18)12-7-5-4-6-11(12)10(2)19-16/h2*3-7,9H2,1-2H3,(H,20,22,23). The molecule has 0 atom stereocenters. The Balaban J connectivity index is 0.000000194. The number of anilines is 2. The van der Waals surface area contributed by atoms with Gasteiger partial charge in [-0.3, -0.25) is 20.2 Å². The van der Waals surface area contributed by atoms with Gasteiger partial charge in [0.15, 0.2) is 0 Å². The van der Waals surface area contributed by atoms with Gasteiger partial charge in [0.05, 0.1) is 22.6 Å². The van der Waals surface area contributed by atoms with Crippen LogP contribution in [-0.2, 0) is 48.1 Å². The molecule has 4 aromatic heterocycles. The number of carbonyl (C=O) groups excluding carboxylic acids is 2. The summed E-state index contributed by atoms with van der Waals surface area (Å²) in [6.07, 6.45) is 9.99. The molecule has 2 amide bonds. The first kappa shape index (κ1) is 37.3. The Labute approximate surface area is 308 Å². The monoisotopic (exact) mass is 746 g/mol. The molecule has 6 rings (SSSR count). The molecule has 0 aliphatic heterocycles. The van der Waals surface area contributed by atoms with Crippen LogP contribution in [0.15, 0.2) is 10.1 Å². The minimum absolute atomic E-state index is 0.162. The largest absolute Gasteiger partial charge is 0.300 e. The number of fused-ring (bicyclic) bond motifs is 2. The van der Waals surface area contributed by atoms with Crippen molar-refractivity contribution in [3.05, 3.63) is 54.8 Å². The first-order valence-electron chi connectivity index (χ1n) is 16.6. The number of hydrogen-bond acceptors (Lipinski definition) is 14. The zero-order valence-electron chi connectivity index (χ0n) is 28.5. The maximum Gasteiger partial charge on any atom is 0.236 e. The van der Waals surface area contributed by atoms with Crippen LogP contribution in [0.5, 0.6) is 0 Å². The van der Waals surface area contributed by atoms with Crippen LogP contribution in [0, 0.1) is 36.5 Å². The average Bonchev–Trinajstić information content (AvgIpc) is 3.79. The summed E-state index contributed by atoms with van der Waals surface area (Å²) >= 11 is 5.38. The van der Waals surface area contributed by atoms with Crippen LogP contribution < -0.4 is 10.6 Å². The van der Waals surface area contributed by atoms with Crippen molar-refractivity contribution in [3.8, 4) is 12.1 Å². The number of thioether (sulfide) groups is 2. The molecule has 0 bridgehead atoms. The number of rotatable bonds is 10. The van der Waals surface area contributed by atoms with Crippen LogP contribution in [0.25, 0.3) is 0 Å². The Morgan fingerprint density at radius 1 is 0.700 bits per heavy atom. The van der Waals surface area contributed by atoms with Crippen molar-refractivity contribution in [2.45, 2.75) is 102 Å². The molecule has 12 nitrogen and oxygen atoms in total. The quantitative estimate of drug-likeness (QED) is 0.167. The van der Waals surface area contributed by atoms with Crippen LogP contribution in [0.3, 0.4) is 0 Å². The van der Waals surface area contributed by atoms with Gasteiger partial charge in [-0.05, 0) is 100 Å². The lowest BCUT2D eigenvalue weighted by Gasteiger charge is -2.20. The number of nitriles is 2. The Morgan fingerprint density at radius 3 is 1.72 bits per heavy atom. The molecule has 4 aromatic rings. The van der Waals surface area contributed by atoms with Crippen molar-refractivity contribution in [1.82, 2.24) is 30.4 Å². The number of nitrogens with zero attached hydrogens (tertiary/aromatic N) is 8. The Kier molecular flexibility index (Phi) is 13.3. The molecule has 4 heterocycles. The predicted octanol–water partition coefficient (Wildman–Crippen LogP) is 6.57. The molecule has 0 fully saturated rings. The van der Waals surface area contributed by atoms with Crippen LogP contribution in [0.4, 0.5) is 10.3 Å². The van der Waals surface area contributed by atoms with Crippen LogP contribution in [0.1, 0.15) is 94.3 Å². The number of nitrogens with one attached hydrogen (secondary N) is 2. The average molecular weight is 747 g/mol. The van der Waals surface area contributed by atoms with Gasteiger partial charge in [-0.25, -0.2) is 9.97 Å². The minimum Gasteiger partial charge on any atom is -0.300 e. The van der Waals surface area contributed by atoms with Gasteiger partial charge in [0.1, 0.15) is 32.2 Å². The van der Waals surface area contributed by atoms with Crippen molar-refractivity contribution in [2.75, 3.05) is 22.1 Å². The Bertz CT molecular complexity index is 1900. The van der Waals surface area contributed by atoms with E-state index >= 15 is 0 Å². The molecule has 0 spiro atoms. The highest BCUT2D eigenvalue weighted by Crippen LogP contribution is 2.33. The molecule has 16 heteroatoms. The van der Waals surface area contributed by atoms with E-state index in [4.69, 9.17) is 0 Å². The highest BCUT2D eigenvalue weighted by Gasteiger charge is 2.22. The van der Waals surface area contributed by atoms with E-state index in [1.165, 1.54) is 57.3 Å². The molecular formula is C34H38N10O2S4. The van der Waals surface area contributed by atoms with Gasteiger partial charge >= 0.3 is 0 Å². The second-order valence-electron chi connectivity index (χ2n) is 11.7. The lowest BCUT2D eigenvalue weighted by atomic mass is 9.88. The smallest absolute Gasteiger partial charge is 0.236 e. The number of carbonyl (C=O) groups is 2. The van der Waals surface area contributed by atoms with E-state index in [2.05, 4.69) is 53.1 Å². The fourth-order valence-electron chi connectivity index (χ4n) is 5.82. The molecule has 2 aliphatic carbocycles. The molecule has 50 heavy (non-hydrogen) atoms. The summed E-state index contributed by atoms with van der Waals surface area (Å²) in [6, 6.07) is 4.56. The van der Waals surface area contributed by atoms with Crippen LogP contribution >= 0.6 is 46.2 Å². The van der Waals surface area contributed by atoms with Gasteiger partial charge in [-0.2, -0.15) is 10.5 Å². The maximum atomic E-state index is 12.2. The lowest BCUT2D eigenvalue weighted by Crippen LogP contribution is -2.15. The highest BCUT2D eigenvalue weighted by molar-refractivity contribution is 8.00. The summed E-state index contributed by atoms with van der Waals surface area (Å²) in [5.41, 5.74) is 7.89. The Hall–Kier alpha value is -3.96. The van der Waals surface area contributed by atoms with Crippen molar-refractivity contribution in [2.24, 2.45) is 0 Å². The van der Waals surface area contributed by atoms with Crippen molar-refractivity contribution in [3.63, 3.8) is 0 Å². The summed E-state index contributed by atoms with van der Waals surface area (Å²) in [6.45, 7) is 7.97.